The molecule has 0 radical (unpaired) electrons. The van der Waals surface area contributed by atoms with Crippen molar-refractivity contribution < 1.29 is 9.52 Å². The number of rotatable bonds is 4. The standard InChI is InChI=1S/C25H17ClN2O2S/c1-15-12-16(26)6-9-19(15)23-11-8-18(30-23)14-27-17-7-10-22(29)20(13-17)25-28-21-4-2-3-5-24(21)31-25/h2-14,29H,1H3. The highest BCUT2D eigenvalue weighted by Crippen LogP contribution is 2.37. The maximum Gasteiger partial charge on any atom is 0.145 e. The minimum atomic E-state index is 0.177. The van der Waals surface area contributed by atoms with Crippen molar-refractivity contribution in [3.63, 3.8) is 0 Å². The molecule has 0 fully saturated rings. The van der Waals surface area contributed by atoms with Crippen LogP contribution < -0.4 is 0 Å². The van der Waals surface area contributed by atoms with Crippen LogP contribution in [0.1, 0.15) is 11.3 Å². The van der Waals surface area contributed by atoms with Crippen LogP contribution in [0.2, 0.25) is 5.02 Å². The quantitative estimate of drug-likeness (QED) is 0.290. The monoisotopic (exact) mass is 444 g/mol. The SMILES string of the molecule is Cc1cc(Cl)ccc1-c1ccc(C=Nc2ccc(O)c(-c3nc4ccccc4s3)c2)o1. The van der Waals surface area contributed by atoms with Crippen LogP contribution >= 0.6 is 22.9 Å². The first-order valence-electron chi connectivity index (χ1n) is 9.66. The Kier molecular flexibility index (Phi) is 5.06. The van der Waals surface area contributed by atoms with Gasteiger partial charge in [0.25, 0.3) is 0 Å². The Labute approximate surface area is 188 Å². The molecule has 152 valence electrons. The highest BCUT2D eigenvalue weighted by atomic mass is 35.5. The molecular formula is C25H17ClN2O2S. The lowest BCUT2D eigenvalue weighted by Crippen LogP contribution is -1.81. The lowest BCUT2D eigenvalue weighted by atomic mass is 10.1. The van der Waals surface area contributed by atoms with Gasteiger partial charge in [0.2, 0.25) is 0 Å². The summed E-state index contributed by atoms with van der Waals surface area (Å²) in [7, 11) is 0. The van der Waals surface area contributed by atoms with Crippen LogP contribution in [-0.4, -0.2) is 16.3 Å². The van der Waals surface area contributed by atoms with Gasteiger partial charge in [-0.05, 0) is 73.2 Å². The number of para-hydroxylation sites is 1. The number of thiazole rings is 1. The zero-order valence-corrected chi connectivity index (χ0v) is 18.1. The van der Waals surface area contributed by atoms with E-state index in [1.807, 2.05) is 67.6 Å². The number of aromatic nitrogens is 1. The number of nitrogens with zero attached hydrogens (tertiary/aromatic N) is 2. The van der Waals surface area contributed by atoms with E-state index in [1.54, 1.807) is 29.7 Å². The molecule has 3 aromatic carbocycles. The Bertz CT molecular complexity index is 1400. The number of phenolic OH excluding ortho intramolecular Hbond substituents is 1. The fourth-order valence-electron chi connectivity index (χ4n) is 3.37. The summed E-state index contributed by atoms with van der Waals surface area (Å²) in [4.78, 5) is 9.16. The second-order valence-electron chi connectivity index (χ2n) is 7.11. The first-order chi connectivity index (χ1) is 15.1. The molecule has 0 spiro atoms. The molecule has 1 N–H and O–H groups in total. The molecule has 31 heavy (non-hydrogen) atoms. The van der Waals surface area contributed by atoms with Crippen molar-refractivity contribution in [1.82, 2.24) is 4.98 Å². The Morgan fingerprint density at radius 3 is 2.71 bits per heavy atom. The summed E-state index contributed by atoms with van der Waals surface area (Å²) in [5, 5.41) is 11.8. The van der Waals surface area contributed by atoms with E-state index in [4.69, 9.17) is 16.0 Å². The van der Waals surface area contributed by atoms with E-state index < -0.39 is 0 Å². The summed E-state index contributed by atoms with van der Waals surface area (Å²) in [6, 6.07) is 22.6. The minimum Gasteiger partial charge on any atom is -0.507 e. The van der Waals surface area contributed by atoms with Gasteiger partial charge >= 0.3 is 0 Å². The summed E-state index contributed by atoms with van der Waals surface area (Å²) >= 11 is 7.59. The second kappa shape index (κ2) is 8.02. The van der Waals surface area contributed by atoms with Gasteiger partial charge in [0.05, 0.1) is 27.7 Å². The third kappa shape index (κ3) is 3.98. The Balaban J connectivity index is 1.43. The van der Waals surface area contributed by atoms with Crippen molar-refractivity contribution in [2.24, 2.45) is 4.99 Å². The van der Waals surface area contributed by atoms with Crippen molar-refractivity contribution in [3.05, 3.63) is 89.1 Å². The van der Waals surface area contributed by atoms with Crippen LogP contribution in [0.4, 0.5) is 5.69 Å². The number of phenols is 1. The number of aromatic hydroxyl groups is 1. The summed E-state index contributed by atoms with van der Waals surface area (Å²) in [5.74, 6) is 1.58. The summed E-state index contributed by atoms with van der Waals surface area (Å²) in [6.07, 6.45) is 1.67. The fraction of sp³-hybridized carbons (Fsp3) is 0.0400. The van der Waals surface area contributed by atoms with Gasteiger partial charge in [-0.3, -0.25) is 4.99 Å². The average molecular weight is 445 g/mol. The molecular weight excluding hydrogens is 428 g/mol. The molecule has 0 atom stereocenters. The van der Waals surface area contributed by atoms with Gasteiger partial charge in [0, 0.05) is 10.6 Å². The number of halogens is 1. The molecule has 6 heteroatoms. The lowest BCUT2D eigenvalue weighted by Gasteiger charge is -2.03. The van der Waals surface area contributed by atoms with Crippen molar-refractivity contribution in [2.45, 2.75) is 6.92 Å². The third-order valence-corrected chi connectivity index (χ3v) is 6.23. The number of hydrogen-bond donors (Lipinski definition) is 1. The summed E-state index contributed by atoms with van der Waals surface area (Å²) in [6.45, 7) is 2.00. The van der Waals surface area contributed by atoms with Crippen LogP contribution in [-0.2, 0) is 0 Å². The van der Waals surface area contributed by atoms with E-state index in [2.05, 4.69) is 9.98 Å². The Morgan fingerprint density at radius 1 is 1.00 bits per heavy atom. The third-order valence-electron chi connectivity index (χ3n) is 4.93. The number of fused-ring (bicyclic) bond motifs is 1. The molecule has 2 heterocycles. The van der Waals surface area contributed by atoms with E-state index in [1.165, 1.54) is 0 Å². The fourth-order valence-corrected chi connectivity index (χ4v) is 4.59. The van der Waals surface area contributed by atoms with Gasteiger partial charge in [-0.2, -0.15) is 0 Å². The first-order valence-corrected chi connectivity index (χ1v) is 10.9. The van der Waals surface area contributed by atoms with Gasteiger partial charge in [0.15, 0.2) is 0 Å². The highest BCUT2D eigenvalue weighted by molar-refractivity contribution is 7.21. The predicted octanol–water partition coefficient (Wildman–Crippen LogP) is 7.64. The molecule has 0 unspecified atom stereocenters. The molecule has 2 aromatic heterocycles. The largest absolute Gasteiger partial charge is 0.507 e. The van der Waals surface area contributed by atoms with Gasteiger partial charge < -0.3 is 9.52 Å². The molecule has 0 saturated carbocycles. The number of benzene rings is 3. The van der Waals surface area contributed by atoms with Crippen LogP contribution in [0.3, 0.4) is 0 Å². The molecule has 0 bridgehead atoms. The minimum absolute atomic E-state index is 0.177. The second-order valence-corrected chi connectivity index (χ2v) is 8.57. The maximum absolute atomic E-state index is 10.4. The predicted molar refractivity (Wildman–Crippen MR) is 128 cm³/mol. The van der Waals surface area contributed by atoms with E-state index in [9.17, 15) is 5.11 Å². The number of aliphatic imine (C=N–C) groups is 1. The topological polar surface area (TPSA) is 58.6 Å². The normalized spacial score (nSPS) is 11.5. The molecule has 4 nitrogen and oxygen atoms in total. The van der Waals surface area contributed by atoms with Gasteiger partial charge in [-0.1, -0.05) is 23.7 Å². The van der Waals surface area contributed by atoms with E-state index in [-0.39, 0.29) is 5.75 Å². The summed E-state index contributed by atoms with van der Waals surface area (Å²) in [5.41, 5.74) is 4.31. The van der Waals surface area contributed by atoms with Crippen molar-refractivity contribution in [2.75, 3.05) is 0 Å². The van der Waals surface area contributed by atoms with E-state index >= 15 is 0 Å². The molecule has 0 saturated heterocycles. The summed E-state index contributed by atoms with van der Waals surface area (Å²) < 4.78 is 7.01. The van der Waals surface area contributed by atoms with Crippen molar-refractivity contribution in [3.8, 4) is 27.6 Å². The lowest BCUT2D eigenvalue weighted by molar-refractivity contribution is 0.477. The molecule has 0 aliphatic rings. The Hall–Kier alpha value is -3.41. The number of aryl methyl sites for hydroxylation is 1. The van der Waals surface area contributed by atoms with Crippen LogP contribution in [0.25, 0.3) is 32.1 Å². The van der Waals surface area contributed by atoms with Crippen molar-refractivity contribution >= 4 is 45.1 Å². The van der Waals surface area contributed by atoms with Crippen LogP contribution in [0.5, 0.6) is 5.75 Å². The van der Waals surface area contributed by atoms with E-state index in [0.29, 0.717) is 22.0 Å². The average Bonchev–Trinajstić information content (AvgIpc) is 3.40. The number of furan rings is 1. The zero-order valence-electron chi connectivity index (χ0n) is 16.5. The zero-order chi connectivity index (χ0) is 21.4. The molecule has 0 aliphatic carbocycles. The van der Waals surface area contributed by atoms with Crippen LogP contribution in [0, 0.1) is 6.92 Å². The van der Waals surface area contributed by atoms with Gasteiger partial charge in [-0.25, -0.2) is 4.98 Å². The Morgan fingerprint density at radius 2 is 1.87 bits per heavy atom. The molecule has 5 rings (SSSR count). The van der Waals surface area contributed by atoms with Crippen LogP contribution in [0.15, 0.2) is 82.2 Å². The smallest absolute Gasteiger partial charge is 0.145 e. The van der Waals surface area contributed by atoms with Gasteiger partial charge in [0.1, 0.15) is 22.3 Å². The highest BCUT2D eigenvalue weighted by Gasteiger charge is 2.11. The molecule has 5 aromatic rings. The molecule has 0 aliphatic heterocycles. The molecule has 0 amide bonds. The maximum atomic E-state index is 10.4. The van der Waals surface area contributed by atoms with Crippen molar-refractivity contribution in [1.29, 1.82) is 0 Å². The number of hydrogen-bond acceptors (Lipinski definition) is 5. The van der Waals surface area contributed by atoms with E-state index in [0.717, 1.165) is 32.1 Å². The first kappa shape index (κ1) is 19.5. The van der Waals surface area contributed by atoms with Gasteiger partial charge in [-0.15, -0.1) is 11.3 Å².